The molecule has 5 heteroatoms. The molecule has 0 atom stereocenters. The van der Waals surface area contributed by atoms with Crippen molar-refractivity contribution in [1.29, 1.82) is 0 Å². The zero-order chi connectivity index (χ0) is 14.0. The highest BCUT2D eigenvalue weighted by Crippen LogP contribution is 2.44. The number of fused-ring (bicyclic) bond motifs is 1. The van der Waals surface area contributed by atoms with Crippen LogP contribution < -0.4 is 0 Å². The van der Waals surface area contributed by atoms with E-state index in [0.717, 1.165) is 20.6 Å². The maximum atomic E-state index is 10.5. The van der Waals surface area contributed by atoms with E-state index < -0.39 is 0 Å². The highest BCUT2D eigenvalue weighted by Gasteiger charge is 2.14. The molecular weight excluding hydrogens is 312 g/mol. The van der Waals surface area contributed by atoms with Gasteiger partial charge in [0.2, 0.25) is 0 Å². The Morgan fingerprint density at radius 2 is 1.26 bits per heavy atom. The van der Waals surface area contributed by atoms with Gasteiger partial charge in [-0.3, -0.25) is 0 Å². The highest BCUT2D eigenvalue weighted by atomic mass is 32.2. The summed E-state index contributed by atoms with van der Waals surface area (Å²) in [7, 11) is 0. The molecule has 0 aliphatic rings. The smallest absolute Gasteiger partial charge is 0.138 e. The minimum atomic E-state index is 0.414. The van der Waals surface area contributed by atoms with E-state index in [4.69, 9.17) is 0 Å². The number of rotatable bonds is 4. The lowest BCUT2D eigenvalue weighted by molar-refractivity contribution is 0.466. The number of aromatic hydroxyl groups is 1. The average molecular weight is 329 g/mol. The fourth-order valence-corrected chi connectivity index (χ4v) is 5.10. The van der Waals surface area contributed by atoms with Gasteiger partial charge in [0.25, 0.3) is 0 Å². The van der Waals surface area contributed by atoms with Crippen molar-refractivity contribution in [2.24, 2.45) is 0 Å². The molecule has 0 bridgehead atoms. The molecular formula is C14H16OS4. The fraction of sp³-hybridized carbons (Fsp3) is 0.286. The first-order valence-corrected chi connectivity index (χ1v) is 10.6. The molecule has 0 aliphatic carbocycles. The number of hydrogen-bond acceptors (Lipinski definition) is 5. The van der Waals surface area contributed by atoms with Gasteiger partial charge >= 0.3 is 0 Å². The molecule has 2 aromatic carbocycles. The summed E-state index contributed by atoms with van der Waals surface area (Å²) in [6, 6.07) is 6.45. The van der Waals surface area contributed by atoms with Crippen LogP contribution in [0.3, 0.4) is 0 Å². The third-order valence-corrected chi connectivity index (χ3v) is 6.36. The summed E-state index contributed by atoms with van der Waals surface area (Å²) in [4.78, 5) is 4.60. The molecule has 19 heavy (non-hydrogen) atoms. The molecule has 1 nitrogen and oxygen atoms in total. The van der Waals surface area contributed by atoms with Crippen molar-refractivity contribution < 1.29 is 5.11 Å². The van der Waals surface area contributed by atoms with Gasteiger partial charge in [-0.25, -0.2) is 0 Å². The van der Waals surface area contributed by atoms with Crippen molar-refractivity contribution >= 4 is 57.8 Å². The van der Waals surface area contributed by atoms with Gasteiger partial charge in [-0.15, -0.1) is 47.0 Å². The number of hydrogen-bond donors (Lipinski definition) is 1. The second-order valence-corrected chi connectivity index (χ2v) is 7.25. The van der Waals surface area contributed by atoms with Crippen molar-refractivity contribution in [2.75, 3.05) is 25.0 Å². The largest absolute Gasteiger partial charge is 0.506 e. The number of thioether (sulfide) groups is 4. The SMILES string of the molecule is CSc1cc2cc(SC)c(SC)c(O)c2cc1SC. The molecule has 0 unspecified atom stereocenters. The first kappa shape index (κ1) is 15.3. The standard InChI is InChI=1S/C14H16OS4/c1-16-10-5-8-6-12(18-3)14(19-4)13(15)9(8)7-11(10)17-2/h5-7,15H,1-4H3. The second kappa shape index (κ2) is 6.57. The number of phenolic OH excluding ortho intramolecular Hbond substituents is 1. The third kappa shape index (κ3) is 2.84. The van der Waals surface area contributed by atoms with Crippen LogP contribution >= 0.6 is 47.0 Å². The molecule has 0 radical (unpaired) electrons. The van der Waals surface area contributed by atoms with Crippen LogP contribution in [-0.4, -0.2) is 30.1 Å². The summed E-state index contributed by atoms with van der Waals surface area (Å²) in [5, 5.41) is 12.6. The summed E-state index contributed by atoms with van der Waals surface area (Å²) in [5.74, 6) is 0.414. The average Bonchev–Trinajstić information content (AvgIpc) is 2.45. The first-order valence-electron chi connectivity index (χ1n) is 5.66. The minimum absolute atomic E-state index is 0.414. The zero-order valence-electron chi connectivity index (χ0n) is 11.3. The Labute approximate surface area is 131 Å². The third-order valence-electron chi connectivity index (χ3n) is 2.96. The van der Waals surface area contributed by atoms with E-state index in [1.54, 1.807) is 47.0 Å². The van der Waals surface area contributed by atoms with Crippen molar-refractivity contribution in [1.82, 2.24) is 0 Å². The van der Waals surface area contributed by atoms with E-state index in [9.17, 15) is 5.11 Å². The lowest BCUT2D eigenvalue weighted by Crippen LogP contribution is -1.86. The quantitative estimate of drug-likeness (QED) is 0.752. The topological polar surface area (TPSA) is 20.2 Å². The van der Waals surface area contributed by atoms with Crippen LogP contribution in [0.4, 0.5) is 0 Å². The van der Waals surface area contributed by atoms with Crippen LogP contribution in [0.1, 0.15) is 0 Å². The van der Waals surface area contributed by atoms with Gasteiger partial charge in [-0.1, -0.05) is 0 Å². The molecule has 2 rings (SSSR count). The van der Waals surface area contributed by atoms with Gasteiger partial charge in [0.15, 0.2) is 0 Å². The predicted octanol–water partition coefficient (Wildman–Crippen LogP) is 5.43. The lowest BCUT2D eigenvalue weighted by Gasteiger charge is -2.13. The molecule has 0 fully saturated rings. The first-order chi connectivity index (χ1) is 9.15. The molecule has 0 saturated carbocycles. The van der Waals surface area contributed by atoms with Crippen LogP contribution in [0.2, 0.25) is 0 Å². The summed E-state index contributed by atoms with van der Waals surface area (Å²) in [6.07, 6.45) is 8.22. The van der Waals surface area contributed by atoms with Crippen LogP contribution in [0.5, 0.6) is 5.75 Å². The Hall–Kier alpha value is -0.100. The van der Waals surface area contributed by atoms with Crippen LogP contribution in [0, 0.1) is 0 Å². The normalized spacial score (nSPS) is 11.2. The summed E-state index contributed by atoms with van der Waals surface area (Å²) in [6.45, 7) is 0. The fourth-order valence-electron chi connectivity index (χ4n) is 2.01. The van der Waals surface area contributed by atoms with Gasteiger partial charge in [0.05, 0.1) is 4.90 Å². The molecule has 2 aromatic rings. The zero-order valence-corrected chi connectivity index (χ0v) is 14.6. The Kier molecular flexibility index (Phi) is 5.29. The molecule has 1 N–H and O–H groups in total. The molecule has 0 heterocycles. The van der Waals surface area contributed by atoms with Crippen molar-refractivity contribution in [3.05, 3.63) is 18.2 Å². The van der Waals surface area contributed by atoms with Gasteiger partial charge in [0.1, 0.15) is 5.75 Å². The second-order valence-electron chi connectivity index (χ2n) is 3.89. The van der Waals surface area contributed by atoms with E-state index in [1.165, 1.54) is 9.79 Å². The number of benzene rings is 2. The Morgan fingerprint density at radius 1 is 0.737 bits per heavy atom. The Bertz CT molecular complexity index is 605. The maximum Gasteiger partial charge on any atom is 0.138 e. The van der Waals surface area contributed by atoms with Crippen LogP contribution in [-0.2, 0) is 0 Å². The van der Waals surface area contributed by atoms with E-state index >= 15 is 0 Å². The Balaban J connectivity index is 2.80. The molecule has 102 valence electrons. The molecule has 0 amide bonds. The predicted molar refractivity (Wildman–Crippen MR) is 92.7 cm³/mol. The summed E-state index contributed by atoms with van der Waals surface area (Å²) in [5.41, 5.74) is 0. The molecule has 0 aromatic heterocycles. The van der Waals surface area contributed by atoms with E-state index in [2.05, 4.69) is 30.7 Å². The summed E-state index contributed by atoms with van der Waals surface area (Å²) < 4.78 is 0. The van der Waals surface area contributed by atoms with Crippen LogP contribution in [0.15, 0.2) is 37.8 Å². The van der Waals surface area contributed by atoms with E-state index in [-0.39, 0.29) is 0 Å². The van der Waals surface area contributed by atoms with Gasteiger partial charge in [-0.05, 0) is 48.6 Å². The monoisotopic (exact) mass is 328 g/mol. The van der Waals surface area contributed by atoms with Gasteiger partial charge in [0, 0.05) is 20.1 Å². The van der Waals surface area contributed by atoms with Gasteiger partial charge in [-0.2, -0.15) is 0 Å². The highest BCUT2D eigenvalue weighted by molar-refractivity contribution is 8.02. The van der Waals surface area contributed by atoms with Crippen molar-refractivity contribution in [3.8, 4) is 5.75 Å². The van der Waals surface area contributed by atoms with E-state index in [1.807, 2.05) is 12.5 Å². The molecule has 0 aliphatic heterocycles. The van der Waals surface area contributed by atoms with Crippen molar-refractivity contribution in [3.63, 3.8) is 0 Å². The van der Waals surface area contributed by atoms with Crippen molar-refractivity contribution in [2.45, 2.75) is 19.6 Å². The Morgan fingerprint density at radius 3 is 1.79 bits per heavy atom. The summed E-state index contributed by atoms with van der Waals surface area (Å²) >= 11 is 6.75. The van der Waals surface area contributed by atoms with Gasteiger partial charge < -0.3 is 5.11 Å². The minimum Gasteiger partial charge on any atom is -0.506 e. The molecule has 0 spiro atoms. The lowest BCUT2D eigenvalue weighted by atomic mass is 10.1. The molecule has 0 saturated heterocycles. The van der Waals surface area contributed by atoms with Crippen LogP contribution in [0.25, 0.3) is 10.8 Å². The maximum absolute atomic E-state index is 10.5. The van der Waals surface area contributed by atoms with E-state index in [0.29, 0.717) is 5.75 Å². The number of phenols is 1.